The van der Waals surface area contributed by atoms with Gasteiger partial charge in [-0.15, -0.1) is 5.10 Å². The van der Waals surface area contributed by atoms with Gasteiger partial charge in [0.15, 0.2) is 0 Å². The minimum atomic E-state index is -0.886. The number of nitrogens with zero attached hydrogens (tertiary/aromatic N) is 3. The Bertz CT molecular complexity index is 931. The zero-order valence-corrected chi connectivity index (χ0v) is 13.7. The standard InChI is InChI=1S/C16H15N3O4S/c1-2-3-11-9-13(20)19-15(17-11)24-16(18-19)23-12-6-4-10(5-7-12)8-14(21)22/h4-7,9H,2-3,8H2,1H3,(H,21,22). The predicted octanol–water partition coefficient (Wildman–Crippen LogP) is 2.52. The number of hydrogen-bond donors (Lipinski definition) is 1. The quantitative estimate of drug-likeness (QED) is 0.738. The molecular weight excluding hydrogens is 330 g/mol. The summed E-state index contributed by atoms with van der Waals surface area (Å²) in [5.41, 5.74) is 1.20. The summed E-state index contributed by atoms with van der Waals surface area (Å²) in [5, 5.41) is 13.2. The summed E-state index contributed by atoms with van der Waals surface area (Å²) in [6.07, 6.45) is 1.61. The maximum atomic E-state index is 12.0. The highest BCUT2D eigenvalue weighted by atomic mass is 32.1. The Kier molecular flexibility index (Phi) is 4.57. The topological polar surface area (TPSA) is 93.8 Å². The van der Waals surface area contributed by atoms with E-state index in [2.05, 4.69) is 10.1 Å². The number of ether oxygens (including phenoxy) is 1. The van der Waals surface area contributed by atoms with E-state index in [-0.39, 0.29) is 12.0 Å². The number of carboxylic acids is 1. The fourth-order valence-corrected chi connectivity index (χ4v) is 3.01. The number of aliphatic carboxylic acids is 1. The molecular formula is C16H15N3O4S. The molecule has 7 nitrogen and oxygen atoms in total. The van der Waals surface area contributed by atoms with Crippen molar-refractivity contribution in [3.63, 3.8) is 0 Å². The van der Waals surface area contributed by atoms with Crippen molar-refractivity contribution < 1.29 is 14.6 Å². The Morgan fingerprint density at radius 3 is 2.75 bits per heavy atom. The lowest BCUT2D eigenvalue weighted by Crippen LogP contribution is -2.15. The van der Waals surface area contributed by atoms with Gasteiger partial charge in [0.05, 0.1) is 6.42 Å². The zero-order chi connectivity index (χ0) is 17.1. The van der Waals surface area contributed by atoms with E-state index >= 15 is 0 Å². The molecule has 2 aromatic heterocycles. The summed E-state index contributed by atoms with van der Waals surface area (Å²) < 4.78 is 6.86. The number of carboxylic acid groups (broad SMARTS) is 1. The highest BCUT2D eigenvalue weighted by Crippen LogP contribution is 2.26. The molecule has 0 aliphatic carbocycles. The van der Waals surface area contributed by atoms with Crippen molar-refractivity contribution in [1.29, 1.82) is 0 Å². The lowest BCUT2D eigenvalue weighted by atomic mass is 10.1. The maximum absolute atomic E-state index is 12.0. The summed E-state index contributed by atoms with van der Waals surface area (Å²) in [4.78, 5) is 27.6. The van der Waals surface area contributed by atoms with Crippen LogP contribution < -0.4 is 10.3 Å². The van der Waals surface area contributed by atoms with Crippen LogP contribution in [0.2, 0.25) is 0 Å². The molecule has 8 heteroatoms. The summed E-state index contributed by atoms with van der Waals surface area (Å²) in [7, 11) is 0. The first-order valence-corrected chi connectivity index (χ1v) is 8.25. The van der Waals surface area contributed by atoms with Gasteiger partial charge in [-0.05, 0) is 35.5 Å². The van der Waals surface area contributed by atoms with Crippen molar-refractivity contribution in [2.75, 3.05) is 0 Å². The van der Waals surface area contributed by atoms with Crippen LogP contribution in [0.3, 0.4) is 0 Å². The lowest BCUT2D eigenvalue weighted by molar-refractivity contribution is -0.136. The van der Waals surface area contributed by atoms with Gasteiger partial charge in [0.25, 0.3) is 10.8 Å². The summed E-state index contributed by atoms with van der Waals surface area (Å²) >= 11 is 1.19. The van der Waals surface area contributed by atoms with E-state index in [4.69, 9.17) is 9.84 Å². The molecule has 1 aromatic carbocycles. The van der Waals surface area contributed by atoms with Gasteiger partial charge in [-0.1, -0.05) is 25.5 Å². The molecule has 0 atom stereocenters. The average Bonchev–Trinajstić information content (AvgIpc) is 2.92. The second-order valence-electron chi connectivity index (χ2n) is 5.21. The van der Waals surface area contributed by atoms with Crippen molar-refractivity contribution in [2.24, 2.45) is 0 Å². The molecule has 3 aromatic rings. The van der Waals surface area contributed by atoms with Crippen LogP contribution in [0.1, 0.15) is 24.6 Å². The SMILES string of the molecule is CCCc1cc(=O)n2nc(Oc3ccc(CC(=O)O)cc3)sc2n1. The molecule has 0 aliphatic rings. The lowest BCUT2D eigenvalue weighted by Gasteiger charge is -2.02. The van der Waals surface area contributed by atoms with Crippen LogP contribution in [0.4, 0.5) is 0 Å². The van der Waals surface area contributed by atoms with E-state index in [1.165, 1.54) is 21.9 Å². The van der Waals surface area contributed by atoms with Gasteiger partial charge in [0.2, 0.25) is 4.96 Å². The van der Waals surface area contributed by atoms with Gasteiger partial charge >= 0.3 is 5.97 Å². The fourth-order valence-electron chi connectivity index (χ4n) is 2.21. The second-order valence-corrected chi connectivity index (χ2v) is 6.13. The number of hydrogen-bond acceptors (Lipinski definition) is 6. The number of aryl methyl sites for hydroxylation is 1. The Labute approximate surface area is 141 Å². The molecule has 0 amide bonds. The third-order valence-electron chi connectivity index (χ3n) is 3.27. The molecule has 0 fully saturated rings. The maximum Gasteiger partial charge on any atom is 0.307 e. The molecule has 0 spiro atoms. The average molecular weight is 345 g/mol. The minimum Gasteiger partial charge on any atom is -0.481 e. The predicted molar refractivity (Wildman–Crippen MR) is 89.0 cm³/mol. The normalized spacial score (nSPS) is 10.9. The monoisotopic (exact) mass is 345 g/mol. The van der Waals surface area contributed by atoms with E-state index in [0.717, 1.165) is 18.5 Å². The second kappa shape index (κ2) is 6.79. The highest BCUT2D eigenvalue weighted by Gasteiger charge is 2.10. The van der Waals surface area contributed by atoms with Crippen molar-refractivity contribution >= 4 is 22.3 Å². The largest absolute Gasteiger partial charge is 0.481 e. The third-order valence-corrected chi connectivity index (χ3v) is 4.06. The number of fused-ring (bicyclic) bond motifs is 1. The molecule has 0 saturated carbocycles. The van der Waals surface area contributed by atoms with Gasteiger partial charge in [-0.3, -0.25) is 9.59 Å². The molecule has 24 heavy (non-hydrogen) atoms. The first-order valence-electron chi connectivity index (χ1n) is 7.43. The van der Waals surface area contributed by atoms with Gasteiger partial charge in [-0.25, -0.2) is 4.98 Å². The van der Waals surface area contributed by atoms with Gasteiger partial charge in [0.1, 0.15) is 5.75 Å². The van der Waals surface area contributed by atoms with Crippen LogP contribution in [0.15, 0.2) is 35.1 Å². The van der Waals surface area contributed by atoms with Crippen LogP contribution in [-0.4, -0.2) is 25.7 Å². The van der Waals surface area contributed by atoms with Crippen LogP contribution in [0.25, 0.3) is 4.96 Å². The van der Waals surface area contributed by atoms with E-state index in [1.807, 2.05) is 6.92 Å². The van der Waals surface area contributed by atoms with Crippen molar-refractivity contribution in [3.05, 3.63) is 51.9 Å². The molecule has 1 N–H and O–H groups in total. The third kappa shape index (κ3) is 3.60. The van der Waals surface area contributed by atoms with Gasteiger partial charge in [-0.2, -0.15) is 4.52 Å². The summed E-state index contributed by atoms with van der Waals surface area (Å²) in [6, 6.07) is 8.19. The van der Waals surface area contributed by atoms with Crippen molar-refractivity contribution in [3.8, 4) is 10.9 Å². The number of carbonyl (C=O) groups is 1. The Morgan fingerprint density at radius 2 is 2.08 bits per heavy atom. The first kappa shape index (κ1) is 16.1. The first-order chi connectivity index (χ1) is 11.5. The van der Waals surface area contributed by atoms with Crippen molar-refractivity contribution in [1.82, 2.24) is 14.6 Å². The highest BCUT2D eigenvalue weighted by molar-refractivity contribution is 7.18. The molecule has 0 aliphatic heterocycles. The number of rotatable bonds is 6. The van der Waals surface area contributed by atoms with E-state index in [9.17, 15) is 9.59 Å². The molecule has 0 saturated heterocycles. The number of benzene rings is 1. The fraction of sp³-hybridized carbons (Fsp3) is 0.250. The molecule has 2 heterocycles. The summed E-state index contributed by atoms with van der Waals surface area (Å²) in [5.74, 6) is -0.367. The molecule has 3 rings (SSSR count). The van der Waals surface area contributed by atoms with Crippen LogP contribution in [-0.2, 0) is 17.6 Å². The van der Waals surface area contributed by atoms with E-state index < -0.39 is 5.97 Å². The van der Waals surface area contributed by atoms with Gasteiger partial charge < -0.3 is 9.84 Å². The Hall–Kier alpha value is -2.74. The Balaban J connectivity index is 1.83. The van der Waals surface area contributed by atoms with E-state index in [1.54, 1.807) is 24.3 Å². The molecule has 124 valence electrons. The zero-order valence-electron chi connectivity index (χ0n) is 12.9. The number of aromatic nitrogens is 3. The van der Waals surface area contributed by atoms with Crippen LogP contribution in [0, 0.1) is 0 Å². The van der Waals surface area contributed by atoms with Crippen LogP contribution >= 0.6 is 11.3 Å². The molecule has 0 bridgehead atoms. The summed E-state index contributed by atoms with van der Waals surface area (Å²) in [6.45, 7) is 2.03. The van der Waals surface area contributed by atoms with Crippen LogP contribution in [0.5, 0.6) is 10.9 Å². The molecule has 0 radical (unpaired) electrons. The molecule has 0 unspecified atom stereocenters. The van der Waals surface area contributed by atoms with Crippen molar-refractivity contribution in [2.45, 2.75) is 26.2 Å². The minimum absolute atomic E-state index is 0.0407. The Morgan fingerprint density at radius 1 is 1.33 bits per heavy atom. The van der Waals surface area contributed by atoms with Gasteiger partial charge in [0, 0.05) is 11.8 Å². The smallest absolute Gasteiger partial charge is 0.307 e. The van der Waals surface area contributed by atoms with E-state index in [0.29, 0.717) is 21.5 Å².